The fraction of sp³-hybridized carbons (Fsp3) is 0.176. The van der Waals surface area contributed by atoms with Gasteiger partial charge in [-0.25, -0.2) is 0 Å². The minimum atomic E-state index is 0.898. The Labute approximate surface area is 113 Å². The largest absolute Gasteiger partial charge is 0.350 e. The van der Waals surface area contributed by atoms with Crippen LogP contribution in [0.1, 0.15) is 5.56 Å². The van der Waals surface area contributed by atoms with E-state index in [0.29, 0.717) is 0 Å². The van der Waals surface area contributed by atoms with Crippen LogP contribution >= 0.6 is 0 Å². The molecule has 0 unspecified atom stereocenters. The summed E-state index contributed by atoms with van der Waals surface area (Å²) in [5.74, 6) is 0. The van der Waals surface area contributed by atoms with Crippen LogP contribution in [0.4, 0.5) is 0 Å². The van der Waals surface area contributed by atoms with Gasteiger partial charge in [0.25, 0.3) is 0 Å². The average Bonchev–Trinajstić information content (AvgIpc) is 2.77. The predicted octanol–water partition coefficient (Wildman–Crippen LogP) is 3.56. The molecule has 96 valence electrons. The van der Waals surface area contributed by atoms with Crippen molar-refractivity contribution in [2.24, 2.45) is 7.05 Å². The van der Waals surface area contributed by atoms with E-state index in [1.165, 1.54) is 27.6 Å². The molecule has 0 spiro atoms. The molecule has 0 radical (unpaired) electrons. The van der Waals surface area contributed by atoms with Crippen molar-refractivity contribution >= 4 is 10.9 Å². The highest BCUT2D eigenvalue weighted by molar-refractivity contribution is 5.88. The van der Waals surface area contributed by atoms with Crippen LogP contribution in [0, 0.1) is 0 Å². The summed E-state index contributed by atoms with van der Waals surface area (Å²) in [5, 5.41) is 4.57. The second-order valence-corrected chi connectivity index (χ2v) is 4.89. The van der Waals surface area contributed by atoms with Gasteiger partial charge in [0.05, 0.1) is 0 Å². The lowest BCUT2D eigenvalue weighted by Gasteiger charge is -2.04. The van der Waals surface area contributed by atoms with Gasteiger partial charge < -0.3 is 9.88 Å². The molecule has 2 aromatic carbocycles. The van der Waals surface area contributed by atoms with Crippen LogP contribution in [0.5, 0.6) is 0 Å². The van der Waals surface area contributed by atoms with Crippen molar-refractivity contribution in [1.29, 1.82) is 0 Å². The molecule has 0 bridgehead atoms. The van der Waals surface area contributed by atoms with Crippen molar-refractivity contribution in [3.8, 4) is 11.1 Å². The summed E-state index contributed by atoms with van der Waals surface area (Å²) in [4.78, 5) is 0. The Hall–Kier alpha value is -2.06. The molecule has 1 aromatic heterocycles. The smallest absolute Gasteiger partial charge is 0.0481 e. The van der Waals surface area contributed by atoms with Crippen molar-refractivity contribution < 1.29 is 0 Å². The molecule has 0 saturated heterocycles. The summed E-state index contributed by atoms with van der Waals surface area (Å²) in [6.45, 7) is 0.898. The quantitative estimate of drug-likeness (QED) is 0.752. The molecule has 0 aliphatic carbocycles. The van der Waals surface area contributed by atoms with E-state index in [1.54, 1.807) is 0 Å². The predicted molar refractivity (Wildman–Crippen MR) is 81.1 cm³/mol. The monoisotopic (exact) mass is 250 g/mol. The van der Waals surface area contributed by atoms with Crippen molar-refractivity contribution in [2.45, 2.75) is 6.54 Å². The number of aryl methyl sites for hydroxylation is 1. The van der Waals surface area contributed by atoms with E-state index >= 15 is 0 Å². The Bertz CT molecular complexity index is 696. The van der Waals surface area contributed by atoms with Crippen molar-refractivity contribution in [1.82, 2.24) is 9.88 Å². The van der Waals surface area contributed by atoms with Gasteiger partial charge in [-0.15, -0.1) is 0 Å². The van der Waals surface area contributed by atoms with E-state index in [0.717, 1.165) is 6.54 Å². The summed E-state index contributed by atoms with van der Waals surface area (Å²) >= 11 is 0. The standard InChI is InChI=1S/C17H18N2/c1-18-11-15-12-19(2)17-9-8-14(10-16(15)17)13-6-4-3-5-7-13/h3-10,12,18H,11H2,1-2H3. The molecule has 0 atom stereocenters. The number of nitrogens with zero attached hydrogens (tertiary/aromatic N) is 1. The summed E-state index contributed by atoms with van der Waals surface area (Å²) in [7, 11) is 4.09. The molecule has 3 rings (SSSR count). The minimum Gasteiger partial charge on any atom is -0.350 e. The Morgan fingerprint density at radius 1 is 1.00 bits per heavy atom. The number of hydrogen-bond donors (Lipinski definition) is 1. The first kappa shape index (κ1) is 12.0. The average molecular weight is 250 g/mol. The van der Waals surface area contributed by atoms with Gasteiger partial charge in [-0.1, -0.05) is 36.4 Å². The second-order valence-electron chi connectivity index (χ2n) is 4.89. The summed E-state index contributed by atoms with van der Waals surface area (Å²) in [6.07, 6.45) is 2.20. The van der Waals surface area contributed by atoms with Crippen LogP contribution in [0.15, 0.2) is 54.7 Å². The van der Waals surface area contributed by atoms with E-state index in [9.17, 15) is 0 Å². The number of aromatic nitrogens is 1. The van der Waals surface area contributed by atoms with Gasteiger partial charge in [-0.05, 0) is 35.9 Å². The van der Waals surface area contributed by atoms with E-state index in [-0.39, 0.29) is 0 Å². The van der Waals surface area contributed by atoms with Gasteiger partial charge in [0, 0.05) is 30.7 Å². The number of hydrogen-bond acceptors (Lipinski definition) is 1. The fourth-order valence-corrected chi connectivity index (χ4v) is 2.62. The van der Waals surface area contributed by atoms with Crippen molar-refractivity contribution in [2.75, 3.05) is 7.05 Å². The maximum Gasteiger partial charge on any atom is 0.0481 e. The van der Waals surface area contributed by atoms with Crippen LogP contribution in [-0.4, -0.2) is 11.6 Å². The molecule has 19 heavy (non-hydrogen) atoms. The Morgan fingerprint density at radius 3 is 2.53 bits per heavy atom. The number of fused-ring (bicyclic) bond motifs is 1. The first-order valence-electron chi connectivity index (χ1n) is 6.57. The van der Waals surface area contributed by atoms with E-state index in [2.05, 4.69) is 71.7 Å². The zero-order valence-corrected chi connectivity index (χ0v) is 11.4. The highest BCUT2D eigenvalue weighted by Crippen LogP contribution is 2.27. The Balaban J connectivity index is 2.17. The highest BCUT2D eigenvalue weighted by Gasteiger charge is 2.07. The second kappa shape index (κ2) is 4.90. The maximum atomic E-state index is 3.24. The molecular weight excluding hydrogens is 232 g/mol. The van der Waals surface area contributed by atoms with E-state index in [4.69, 9.17) is 0 Å². The topological polar surface area (TPSA) is 17.0 Å². The van der Waals surface area contributed by atoms with Crippen molar-refractivity contribution in [3.63, 3.8) is 0 Å². The van der Waals surface area contributed by atoms with Crippen LogP contribution in [0.25, 0.3) is 22.0 Å². The summed E-state index contributed by atoms with van der Waals surface area (Å²) in [6, 6.07) is 17.2. The molecule has 2 heteroatoms. The van der Waals surface area contributed by atoms with Gasteiger partial charge in [0.1, 0.15) is 0 Å². The third-order valence-corrected chi connectivity index (χ3v) is 3.55. The Kier molecular flexibility index (Phi) is 3.10. The molecule has 1 N–H and O–H groups in total. The molecule has 3 aromatic rings. The number of rotatable bonds is 3. The minimum absolute atomic E-state index is 0.898. The van der Waals surface area contributed by atoms with Gasteiger partial charge >= 0.3 is 0 Å². The van der Waals surface area contributed by atoms with E-state index < -0.39 is 0 Å². The van der Waals surface area contributed by atoms with Crippen LogP contribution in [-0.2, 0) is 13.6 Å². The van der Waals surface area contributed by atoms with Gasteiger partial charge in [-0.3, -0.25) is 0 Å². The van der Waals surface area contributed by atoms with E-state index in [1.807, 2.05) is 7.05 Å². The number of benzene rings is 2. The Morgan fingerprint density at radius 2 is 1.79 bits per heavy atom. The molecule has 0 aliphatic heterocycles. The molecule has 0 saturated carbocycles. The molecule has 1 heterocycles. The summed E-state index contributed by atoms with van der Waals surface area (Å²) < 4.78 is 2.19. The lowest BCUT2D eigenvalue weighted by atomic mass is 10.0. The van der Waals surface area contributed by atoms with Crippen LogP contribution in [0.2, 0.25) is 0 Å². The first-order valence-corrected chi connectivity index (χ1v) is 6.57. The zero-order chi connectivity index (χ0) is 13.2. The zero-order valence-electron chi connectivity index (χ0n) is 11.4. The van der Waals surface area contributed by atoms with Crippen molar-refractivity contribution in [3.05, 3.63) is 60.3 Å². The maximum absolute atomic E-state index is 3.24. The summed E-state index contributed by atoms with van der Waals surface area (Å²) in [5.41, 5.74) is 5.17. The molecule has 0 amide bonds. The normalized spacial score (nSPS) is 11.1. The third kappa shape index (κ3) is 2.15. The van der Waals surface area contributed by atoms with Gasteiger partial charge in [-0.2, -0.15) is 0 Å². The SMILES string of the molecule is CNCc1cn(C)c2ccc(-c3ccccc3)cc12. The third-order valence-electron chi connectivity index (χ3n) is 3.55. The van der Waals surface area contributed by atoms with Crippen LogP contribution < -0.4 is 5.32 Å². The number of nitrogens with one attached hydrogen (secondary N) is 1. The highest BCUT2D eigenvalue weighted by atomic mass is 14.9. The van der Waals surface area contributed by atoms with Gasteiger partial charge in [0.15, 0.2) is 0 Å². The molecular formula is C17H18N2. The van der Waals surface area contributed by atoms with Crippen LogP contribution in [0.3, 0.4) is 0 Å². The first-order chi connectivity index (χ1) is 9.29. The fourth-order valence-electron chi connectivity index (χ4n) is 2.62. The lowest BCUT2D eigenvalue weighted by molar-refractivity contribution is 0.815. The molecule has 2 nitrogen and oxygen atoms in total. The molecule has 0 aliphatic rings. The van der Waals surface area contributed by atoms with Gasteiger partial charge in [0.2, 0.25) is 0 Å². The molecule has 0 fully saturated rings. The lowest BCUT2D eigenvalue weighted by Crippen LogP contribution is -2.04.